The molecule has 7 nitrogen and oxygen atoms in total. The van der Waals surface area contributed by atoms with Crippen molar-refractivity contribution in [3.8, 4) is 11.3 Å². The van der Waals surface area contributed by atoms with Crippen molar-refractivity contribution in [1.29, 1.82) is 0 Å². The zero-order valence-electron chi connectivity index (χ0n) is 16.6. The van der Waals surface area contributed by atoms with Gasteiger partial charge in [0.2, 0.25) is 0 Å². The van der Waals surface area contributed by atoms with Crippen LogP contribution < -0.4 is 5.73 Å². The molecular formula is C21H11Cl3F3N5O2. The number of carbonyl (C=O) groups excluding carboxylic acids is 1. The van der Waals surface area contributed by atoms with E-state index in [-0.39, 0.29) is 27.8 Å². The van der Waals surface area contributed by atoms with E-state index in [1.54, 1.807) is 0 Å². The lowest BCUT2D eigenvalue weighted by atomic mass is 10.1. The van der Waals surface area contributed by atoms with Crippen LogP contribution in [-0.2, 0) is 11.0 Å². The van der Waals surface area contributed by atoms with Gasteiger partial charge in [-0.2, -0.15) is 18.3 Å². The highest BCUT2D eigenvalue weighted by Gasteiger charge is 2.35. The van der Waals surface area contributed by atoms with E-state index in [2.05, 4.69) is 15.2 Å². The lowest BCUT2D eigenvalue weighted by molar-refractivity contribution is -0.142. The molecule has 4 rings (SSSR count). The topological polar surface area (TPSA) is 94.9 Å². The summed E-state index contributed by atoms with van der Waals surface area (Å²) in [7, 11) is 0. The van der Waals surface area contributed by atoms with Crippen LogP contribution in [-0.4, -0.2) is 26.4 Å². The van der Waals surface area contributed by atoms with E-state index in [1.165, 1.54) is 42.5 Å². The van der Waals surface area contributed by atoms with Crippen LogP contribution in [0, 0.1) is 0 Å². The molecule has 13 heteroatoms. The first kappa shape index (κ1) is 23.8. The molecule has 2 aromatic heterocycles. The normalized spacial score (nSPS) is 12.2. The van der Waals surface area contributed by atoms with Crippen LogP contribution in [0.2, 0.25) is 15.1 Å². The Labute approximate surface area is 204 Å². The maximum absolute atomic E-state index is 13.7. The highest BCUT2D eigenvalue weighted by Crippen LogP contribution is 2.32. The molecule has 0 saturated heterocycles. The quantitative estimate of drug-likeness (QED) is 0.155. The number of aromatic nitrogens is 3. The van der Waals surface area contributed by atoms with E-state index in [0.29, 0.717) is 20.1 Å². The Morgan fingerprint density at radius 3 is 2.32 bits per heavy atom. The Bertz CT molecular complexity index is 1440. The lowest BCUT2D eigenvalue weighted by Crippen LogP contribution is -2.16. The van der Waals surface area contributed by atoms with Crippen LogP contribution in [0.5, 0.6) is 0 Å². The van der Waals surface area contributed by atoms with E-state index < -0.39 is 23.5 Å². The second-order valence-electron chi connectivity index (χ2n) is 6.81. The van der Waals surface area contributed by atoms with Crippen molar-refractivity contribution in [2.45, 2.75) is 6.18 Å². The number of nitrogens with zero attached hydrogens (tertiary/aromatic N) is 4. The van der Waals surface area contributed by atoms with Gasteiger partial charge in [-0.15, -0.1) is 0 Å². The minimum Gasteiger partial charge on any atom is -0.380 e. The van der Waals surface area contributed by atoms with Gasteiger partial charge in [0.15, 0.2) is 22.9 Å². The molecule has 2 N–H and O–H groups in total. The van der Waals surface area contributed by atoms with Crippen LogP contribution in [0.3, 0.4) is 0 Å². The Morgan fingerprint density at radius 1 is 1.00 bits per heavy atom. The molecule has 0 spiro atoms. The molecule has 0 atom stereocenters. The Morgan fingerprint density at radius 2 is 1.68 bits per heavy atom. The van der Waals surface area contributed by atoms with Gasteiger partial charge in [-0.1, -0.05) is 52.1 Å². The number of carbonyl (C=O) groups is 1. The third kappa shape index (κ3) is 4.93. The SMILES string of the molecule is N/C(=N\OC(=O)c1cc2nc(-c3ccc(Cl)cc3)cc(C(F)(F)F)n2n1)c1ccc(Cl)cc1Cl. The fourth-order valence-corrected chi connectivity index (χ4v) is 3.56. The maximum atomic E-state index is 13.7. The van der Waals surface area contributed by atoms with Crippen molar-refractivity contribution in [3.63, 3.8) is 0 Å². The van der Waals surface area contributed by atoms with Gasteiger partial charge in [0.05, 0.1) is 10.7 Å². The molecule has 0 aliphatic rings. The number of alkyl halides is 3. The number of halogens is 6. The number of benzene rings is 2. The fraction of sp³-hybridized carbons (Fsp3) is 0.0476. The fourth-order valence-electron chi connectivity index (χ4n) is 2.93. The number of amidine groups is 1. The zero-order chi connectivity index (χ0) is 24.6. The zero-order valence-corrected chi connectivity index (χ0v) is 18.9. The summed E-state index contributed by atoms with van der Waals surface area (Å²) in [5.41, 5.74) is 4.57. The van der Waals surface area contributed by atoms with E-state index in [1.807, 2.05) is 0 Å². The molecule has 0 aliphatic carbocycles. The number of fused-ring (bicyclic) bond motifs is 1. The van der Waals surface area contributed by atoms with Gasteiger partial charge in [0, 0.05) is 27.2 Å². The summed E-state index contributed by atoms with van der Waals surface area (Å²) in [5, 5.41) is 8.11. The minimum atomic E-state index is -4.79. The first-order chi connectivity index (χ1) is 16.0. The van der Waals surface area contributed by atoms with Gasteiger partial charge < -0.3 is 10.6 Å². The summed E-state index contributed by atoms with van der Waals surface area (Å²) in [4.78, 5) is 21.3. The van der Waals surface area contributed by atoms with Crippen LogP contribution in [0.4, 0.5) is 13.2 Å². The molecule has 0 unspecified atom stereocenters. The van der Waals surface area contributed by atoms with Crippen molar-refractivity contribution in [2.24, 2.45) is 10.9 Å². The smallest absolute Gasteiger partial charge is 0.380 e. The first-order valence-electron chi connectivity index (χ1n) is 9.27. The monoisotopic (exact) mass is 527 g/mol. The van der Waals surface area contributed by atoms with Crippen molar-refractivity contribution in [1.82, 2.24) is 14.6 Å². The summed E-state index contributed by atoms with van der Waals surface area (Å²) < 4.78 is 41.6. The lowest BCUT2D eigenvalue weighted by Gasteiger charge is -2.11. The van der Waals surface area contributed by atoms with Crippen LogP contribution in [0.15, 0.2) is 59.8 Å². The summed E-state index contributed by atoms with van der Waals surface area (Å²) >= 11 is 17.7. The second kappa shape index (κ2) is 9.13. The molecule has 0 amide bonds. The summed E-state index contributed by atoms with van der Waals surface area (Å²) in [5.74, 6) is -1.40. The molecule has 0 fully saturated rings. The first-order valence-corrected chi connectivity index (χ1v) is 10.4. The third-order valence-electron chi connectivity index (χ3n) is 4.50. The Hall–Kier alpha value is -3.34. The van der Waals surface area contributed by atoms with Crippen molar-refractivity contribution >= 4 is 52.3 Å². The maximum Gasteiger partial charge on any atom is 0.433 e. The van der Waals surface area contributed by atoms with E-state index in [0.717, 1.165) is 12.1 Å². The van der Waals surface area contributed by atoms with Crippen molar-refractivity contribution in [3.05, 3.63) is 86.6 Å². The second-order valence-corrected chi connectivity index (χ2v) is 8.09. The Balaban J connectivity index is 1.69. The molecular weight excluding hydrogens is 518 g/mol. The predicted octanol–water partition coefficient (Wildman–Crippen LogP) is 5.85. The minimum absolute atomic E-state index is 0.0101. The molecule has 0 aliphatic heterocycles. The van der Waals surface area contributed by atoms with Gasteiger partial charge in [0.1, 0.15) is 0 Å². The van der Waals surface area contributed by atoms with Gasteiger partial charge in [0.25, 0.3) is 0 Å². The van der Waals surface area contributed by atoms with E-state index >= 15 is 0 Å². The van der Waals surface area contributed by atoms with Gasteiger partial charge in [-0.3, -0.25) is 0 Å². The molecule has 34 heavy (non-hydrogen) atoms. The van der Waals surface area contributed by atoms with Gasteiger partial charge in [-0.25, -0.2) is 14.3 Å². The summed E-state index contributed by atoms with van der Waals surface area (Å²) in [6.07, 6.45) is -4.79. The van der Waals surface area contributed by atoms with Crippen LogP contribution in [0.1, 0.15) is 21.7 Å². The average Bonchev–Trinajstić information content (AvgIpc) is 3.20. The molecule has 0 radical (unpaired) electrons. The number of oxime groups is 1. The third-order valence-corrected chi connectivity index (χ3v) is 5.30. The van der Waals surface area contributed by atoms with E-state index in [4.69, 9.17) is 45.4 Å². The van der Waals surface area contributed by atoms with Crippen molar-refractivity contribution < 1.29 is 22.8 Å². The number of rotatable bonds is 4. The number of hydrogen-bond acceptors (Lipinski definition) is 5. The number of nitrogens with two attached hydrogens (primary N) is 1. The highest BCUT2D eigenvalue weighted by molar-refractivity contribution is 6.36. The van der Waals surface area contributed by atoms with Crippen LogP contribution in [0.25, 0.3) is 16.9 Å². The van der Waals surface area contributed by atoms with Gasteiger partial charge >= 0.3 is 12.1 Å². The molecule has 0 saturated carbocycles. The molecule has 2 heterocycles. The largest absolute Gasteiger partial charge is 0.433 e. The summed E-state index contributed by atoms with van der Waals surface area (Å²) in [6.45, 7) is 0. The Kier molecular flexibility index (Phi) is 6.39. The molecule has 174 valence electrons. The van der Waals surface area contributed by atoms with Crippen LogP contribution >= 0.6 is 34.8 Å². The molecule has 0 bridgehead atoms. The molecule has 2 aromatic carbocycles. The predicted molar refractivity (Wildman–Crippen MR) is 121 cm³/mol. The average molecular weight is 529 g/mol. The van der Waals surface area contributed by atoms with Crippen molar-refractivity contribution in [2.75, 3.05) is 0 Å². The number of hydrogen-bond donors (Lipinski definition) is 1. The highest BCUT2D eigenvalue weighted by atomic mass is 35.5. The van der Waals surface area contributed by atoms with Gasteiger partial charge in [-0.05, 0) is 36.4 Å². The molecule has 4 aromatic rings. The summed E-state index contributed by atoms with van der Waals surface area (Å²) in [6, 6.07) is 12.3. The standard InChI is InChI=1S/C21H11Cl3F3N5O2/c22-11-3-1-10(2-4-11)15-8-17(21(25,26)27)32-18(29-15)9-16(30-32)20(33)34-31-19(28)13-6-5-12(23)7-14(13)24/h1-9H,(H2,28,31). The van der Waals surface area contributed by atoms with E-state index in [9.17, 15) is 18.0 Å².